The van der Waals surface area contributed by atoms with Crippen LogP contribution in [-0.4, -0.2) is 29.6 Å². The molecule has 96 valence electrons. The first-order valence-electron chi connectivity index (χ1n) is 5.81. The summed E-state index contributed by atoms with van der Waals surface area (Å²) in [5.41, 5.74) is 2.15. The molecule has 0 bridgehead atoms. The Bertz CT molecular complexity index is 497. The van der Waals surface area contributed by atoms with Crippen molar-refractivity contribution in [3.8, 4) is 11.5 Å². The van der Waals surface area contributed by atoms with Crippen molar-refractivity contribution in [1.29, 1.82) is 0 Å². The van der Waals surface area contributed by atoms with Gasteiger partial charge in [-0.3, -0.25) is 0 Å². The summed E-state index contributed by atoms with van der Waals surface area (Å²) >= 11 is 0. The Balaban J connectivity index is 2.17. The van der Waals surface area contributed by atoms with Crippen LogP contribution in [0.25, 0.3) is 0 Å². The summed E-state index contributed by atoms with van der Waals surface area (Å²) < 4.78 is 10.5. The third-order valence-corrected chi connectivity index (χ3v) is 2.96. The van der Waals surface area contributed by atoms with Crippen LogP contribution in [0.15, 0.2) is 24.4 Å². The topological polar surface area (TPSA) is 60.0 Å². The lowest BCUT2D eigenvalue weighted by molar-refractivity contribution is 0.354. The number of aromatic nitrogens is 3. The van der Waals surface area contributed by atoms with Crippen LogP contribution in [0.1, 0.15) is 24.1 Å². The molecule has 0 spiro atoms. The van der Waals surface area contributed by atoms with Gasteiger partial charge in [0.05, 0.1) is 26.1 Å². The van der Waals surface area contributed by atoms with E-state index in [0.717, 1.165) is 23.6 Å². The van der Waals surface area contributed by atoms with Crippen LogP contribution in [0.4, 0.5) is 0 Å². The van der Waals surface area contributed by atoms with Gasteiger partial charge in [0.15, 0.2) is 11.5 Å². The third-order valence-electron chi connectivity index (χ3n) is 2.96. The van der Waals surface area contributed by atoms with Crippen molar-refractivity contribution in [2.24, 2.45) is 0 Å². The third kappa shape index (κ3) is 2.61. The summed E-state index contributed by atoms with van der Waals surface area (Å²) in [5, 5.41) is 10.5. The highest BCUT2D eigenvalue weighted by Gasteiger charge is 2.12. The summed E-state index contributed by atoms with van der Waals surface area (Å²) in [6.45, 7) is 2.15. The standard InChI is InChI=1S/C13H17N3O2/c1-9(6-11-8-14-16-15-11)10-4-5-12(17-2)13(7-10)18-3/h4-5,7-9H,6H2,1-3H3,(H,14,15,16). The highest BCUT2D eigenvalue weighted by atomic mass is 16.5. The molecule has 5 heteroatoms. The quantitative estimate of drug-likeness (QED) is 0.879. The molecule has 0 radical (unpaired) electrons. The number of nitrogens with one attached hydrogen (secondary N) is 1. The summed E-state index contributed by atoms with van der Waals surface area (Å²) in [6, 6.07) is 5.98. The number of hydrogen-bond acceptors (Lipinski definition) is 4. The molecule has 1 atom stereocenters. The Morgan fingerprint density at radius 1 is 1.22 bits per heavy atom. The second-order valence-electron chi connectivity index (χ2n) is 4.18. The number of H-pyrrole nitrogens is 1. The van der Waals surface area contributed by atoms with Crippen LogP contribution < -0.4 is 9.47 Å². The van der Waals surface area contributed by atoms with E-state index in [1.807, 2.05) is 18.2 Å². The zero-order valence-corrected chi connectivity index (χ0v) is 10.8. The summed E-state index contributed by atoms with van der Waals surface area (Å²) in [5.74, 6) is 1.84. The normalized spacial score (nSPS) is 12.2. The number of aromatic amines is 1. The molecule has 5 nitrogen and oxygen atoms in total. The first-order valence-corrected chi connectivity index (χ1v) is 5.81. The van der Waals surface area contributed by atoms with Crippen molar-refractivity contribution in [1.82, 2.24) is 15.4 Å². The first kappa shape index (κ1) is 12.4. The van der Waals surface area contributed by atoms with Gasteiger partial charge >= 0.3 is 0 Å². The Morgan fingerprint density at radius 3 is 2.61 bits per heavy atom. The molecule has 1 aromatic carbocycles. The van der Waals surface area contributed by atoms with Crippen LogP contribution >= 0.6 is 0 Å². The zero-order valence-electron chi connectivity index (χ0n) is 10.8. The van der Waals surface area contributed by atoms with Gasteiger partial charge in [-0.25, -0.2) is 0 Å². The van der Waals surface area contributed by atoms with Gasteiger partial charge in [0.25, 0.3) is 0 Å². The van der Waals surface area contributed by atoms with Gasteiger partial charge in [-0.2, -0.15) is 15.4 Å². The maximum atomic E-state index is 5.30. The van der Waals surface area contributed by atoms with E-state index in [9.17, 15) is 0 Å². The number of nitrogens with zero attached hydrogens (tertiary/aromatic N) is 2. The second-order valence-corrected chi connectivity index (χ2v) is 4.18. The minimum atomic E-state index is 0.343. The maximum absolute atomic E-state index is 5.30. The van der Waals surface area contributed by atoms with Crippen molar-refractivity contribution in [2.45, 2.75) is 19.3 Å². The van der Waals surface area contributed by atoms with Crippen molar-refractivity contribution in [3.63, 3.8) is 0 Å². The molecule has 0 saturated carbocycles. The van der Waals surface area contributed by atoms with Crippen molar-refractivity contribution in [3.05, 3.63) is 35.7 Å². The van der Waals surface area contributed by atoms with Crippen LogP contribution in [0.5, 0.6) is 11.5 Å². The van der Waals surface area contributed by atoms with Crippen molar-refractivity contribution >= 4 is 0 Å². The predicted molar refractivity (Wildman–Crippen MR) is 68.0 cm³/mol. The van der Waals surface area contributed by atoms with E-state index in [1.54, 1.807) is 20.4 Å². The number of benzene rings is 1. The number of hydrogen-bond donors (Lipinski definition) is 1. The van der Waals surface area contributed by atoms with Crippen LogP contribution in [0.2, 0.25) is 0 Å². The maximum Gasteiger partial charge on any atom is 0.160 e. The molecule has 0 aliphatic rings. The predicted octanol–water partition coefficient (Wildman–Crippen LogP) is 2.17. The fourth-order valence-electron chi connectivity index (χ4n) is 1.91. The second kappa shape index (κ2) is 5.53. The molecule has 1 aromatic heterocycles. The lowest BCUT2D eigenvalue weighted by Crippen LogP contribution is -2.00. The smallest absolute Gasteiger partial charge is 0.160 e. The van der Waals surface area contributed by atoms with Gasteiger partial charge in [0.1, 0.15) is 0 Å². The minimum Gasteiger partial charge on any atom is -0.493 e. The highest BCUT2D eigenvalue weighted by Crippen LogP contribution is 2.31. The minimum absolute atomic E-state index is 0.343. The number of rotatable bonds is 5. The first-order chi connectivity index (χ1) is 8.74. The Hall–Kier alpha value is -2.04. The van der Waals surface area contributed by atoms with Crippen LogP contribution in [0.3, 0.4) is 0 Å². The molecule has 2 aromatic rings. The fraction of sp³-hybridized carbons (Fsp3) is 0.385. The summed E-state index contributed by atoms with van der Waals surface area (Å²) in [7, 11) is 3.28. The lowest BCUT2D eigenvalue weighted by atomic mass is 9.96. The van der Waals surface area contributed by atoms with Crippen molar-refractivity contribution < 1.29 is 9.47 Å². The SMILES string of the molecule is COc1ccc(C(C)Cc2cn[nH]n2)cc1OC. The molecule has 0 saturated heterocycles. The fourth-order valence-corrected chi connectivity index (χ4v) is 1.91. The number of methoxy groups -OCH3 is 2. The molecule has 1 heterocycles. The van der Waals surface area contributed by atoms with E-state index >= 15 is 0 Å². The molecule has 1 unspecified atom stereocenters. The van der Waals surface area contributed by atoms with E-state index < -0.39 is 0 Å². The molecule has 18 heavy (non-hydrogen) atoms. The summed E-state index contributed by atoms with van der Waals surface area (Å²) in [4.78, 5) is 0. The molecule has 0 aliphatic carbocycles. The van der Waals surface area contributed by atoms with E-state index in [2.05, 4.69) is 22.3 Å². The molecule has 0 aliphatic heterocycles. The molecule has 1 N–H and O–H groups in total. The van der Waals surface area contributed by atoms with Crippen LogP contribution in [-0.2, 0) is 6.42 Å². The Labute approximate surface area is 106 Å². The zero-order chi connectivity index (χ0) is 13.0. The largest absolute Gasteiger partial charge is 0.493 e. The highest BCUT2D eigenvalue weighted by molar-refractivity contribution is 5.43. The number of ether oxygens (including phenoxy) is 2. The van der Waals surface area contributed by atoms with E-state index in [-0.39, 0.29) is 0 Å². The van der Waals surface area contributed by atoms with Gasteiger partial charge in [-0.05, 0) is 30.0 Å². The van der Waals surface area contributed by atoms with Crippen LogP contribution in [0, 0.1) is 0 Å². The summed E-state index contributed by atoms with van der Waals surface area (Å²) in [6.07, 6.45) is 2.59. The van der Waals surface area contributed by atoms with E-state index in [1.165, 1.54) is 5.56 Å². The van der Waals surface area contributed by atoms with Gasteiger partial charge in [0.2, 0.25) is 0 Å². The molecule has 2 rings (SSSR count). The van der Waals surface area contributed by atoms with E-state index in [4.69, 9.17) is 9.47 Å². The average Bonchev–Trinajstić information content (AvgIpc) is 2.90. The van der Waals surface area contributed by atoms with Gasteiger partial charge in [0, 0.05) is 0 Å². The van der Waals surface area contributed by atoms with Gasteiger partial charge in [-0.1, -0.05) is 13.0 Å². The Morgan fingerprint density at radius 2 is 2.00 bits per heavy atom. The molecular weight excluding hydrogens is 230 g/mol. The van der Waals surface area contributed by atoms with E-state index in [0.29, 0.717) is 5.92 Å². The lowest BCUT2D eigenvalue weighted by Gasteiger charge is -2.13. The molecule has 0 amide bonds. The van der Waals surface area contributed by atoms with Gasteiger partial charge < -0.3 is 9.47 Å². The molecule has 0 fully saturated rings. The average molecular weight is 247 g/mol. The molecular formula is C13H17N3O2. The van der Waals surface area contributed by atoms with Gasteiger partial charge in [-0.15, -0.1) is 0 Å². The Kier molecular flexibility index (Phi) is 3.82. The van der Waals surface area contributed by atoms with Crippen molar-refractivity contribution in [2.75, 3.05) is 14.2 Å². The monoisotopic (exact) mass is 247 g/mol.